The van der Waals surface area contributed by atoms with Crippen molar-refractivity contribution >= 4 is 17.4 Å². The second-order valence-corrected chi connectivity index (χ2v) is 5.37. The third-order valence-corrected chi connectivity index (χ3v) is 3.96. The smallest absolute Gasteiger partial charge is 0.164 e. The molecule has 0 saturated carbocycles. The first-order valence-corrected chi connectivity index (χ1v) is 7.31. The summed E-state index contributed by atoms with van der Waals surface area (Å²) in [6.45, 7) is 2.06. The van der Waals surface area contributed by atoms with E-state index >= 15 is 0 Å². The van der Waals surface area contributed by atoms with Crippen LogP contribution in [0.25, 0.3) is 11.6 Å². The zero-order valence-electron chi connectivity index (χ0n) is 12.2. The number of benzene rings is 2. The molecular formula is C20H18O. The summed E-state index contributed by atoms with van der Waals surface area (Å²) in [5.41, 5.74) is 5.47. The van der Waals surface area contributed by atoms with Crippen LogP contribution in [0.3, 0.4) is 0 Å². The Bertz CT molecular complexity index is 706. The van der Waals surface area contributed by atoms with Gasteiger partial charge in [-0.05, 0) is 35.6 Å². The lowest BCUT2D eigenvalue weighted by molar-refractivity contribution is -0.113. The molecule has 104 valence electrons. The molecule has 0 aromatic heterocycles. The molecule has 21 heavy (non-hydrogen) atoms. The van der Waals surface area contributed by atoms with Crippen molar-refractivity contribution in [3.63, 3.8) is 0 Å². The lowest BCUT2D eigenvalue weighted by atomic mass is 9.83. The average molecular weight is 274 g/mol. The summed E-state index contributed by atoms with van der Waals surface area (Å²) >= 11 is 0. The van der Waals surface area contributed by atoms with Gasteiger partial charge in [0.2, 0.25) is 0 Å². The predicted octanol–water partition coefficient (Wildman–Crippen LogP) is 4.91. The molecule has 0 fully saturated rings. The molecule has 0 heterocycles. The molecule has 1 aliphatic carbocycles. The summed E-state index contributed by atoms with van der Waals surface area (Å²) in [5.74, 6) is 0.254. The van der Waals surface area contributed by atoms with Crippen LogP contribution in [0.1, 0.15) is 30.9 Å². The standard InChI is InChI=1S/C20H18O/c1-15-18(14-16-8-4-2-5-9-16)12-13-19(21)20(15)17-10-6-3-7-11-17/h2-11,14H,12-13H2,1H3/b18-14+. The van der Waals surface area contributed by atoms with E-state index in [1.54, 1.807) is 0 Å². The van der Waals surface area contributed by atoms with E-state index in [4.69, 9.17) is 0 Å². The lowest BCUT2D eigenvalue weighted by Crippen LogP contribution is -2.11. The summed E-state index contributed by atoms with van der Waals surface area (Å²) in [4.78, 5) is 12.3. The maximum absolute atomic E-state index is 12.3. The van der Waals surface area contributed by atoms with Gasteiger partial charge in [-0.25, -0.2) is 0 Å². The maximum Gasteiger partial charge on any atom is 0.164 e. The first-order valence-electron chi connectivity index (χ1n) is 7.31. The highest BCUT2D eigenvalue weighted by atomic mass is 16.1. The Labute approximate surface area is 125 Å². The molecule has 0 aliphatic heterocycles. The molecule has 0 spiro atoms. The largest absolute Gasteiger partial charge is 0.294 e. The van der Waals surface area contributed by atoms with Gasteiger partial charge in [-0.1, -0.05) is 66.7 Å². The predicted molar refractivity (Wildman–Crippen MR) is 87.7 cm³/mol. The Morgan fingerprint density at radius 1 is 0.857 bits per heavy atom. The van der Waals surface area contributed by atoms with E-state index in [-0.39, 0.29) is 5.78 Å². The van der Waals surface area contributed by atoms with Crippen molar-refractivity contribution in [1.82, 2.24) is 0 Å². The molecule has 0 amide bonds. The highest BCUT2D eigenvalue weighted by molar-refractivity contribution is 6.23. The van der Waals surface area contributed by atoms with E-state index in [0.717, 1.165) is 23.1 Å². The zero-order chi connectivity index (χ0) is 14.7. The Balaban J connectivity index is 2.07. The van der Waals surface area contributed by atoms with Crippen molar-refractivity contribution in [3.8, 4) is 0 Å². The molecule has 0 unspecified atom stereocenters. The van der Waals surface area contributed by atoms with E-state index in [2.05, 4.69) is 25.1 Å². The van der Waals surface area contributed by atoms with Crippen LogP contribution in [-0.4, -0.2) is 5.78 Å². The van der Waals surface area contributed by atoms with Crippen LogP contribution in [0.2, 0.25) is 0 Å². The van der Waals surface area contributed by atoms with Crippen molar-refractivity contribution < 1.29 is 4.79 Å². The Morgan fingerprint density at radius 3 is 2.14 bits per heavy atom. The van der Waals surface area contributed by atoms with E-state index in [9.17, 15) is 4.79 Å². The van der Waals surface area contributed by atoms with E-state index < -0.39 is 0 Å². The van der Waals surface area contributed by atoms with Crippen LogP contribution in [-0.2, 0) is 4.79 Å². The third kappa shape index (κ3) is 2.87. The fourth-order valence-corrected chi connectivity index (χ4v) is 2.84. The molecule has 0 radical (unpaired) electrons. The summed E-state index contributed by atoms with van der Waals surface area (Å²) < 4.78 is 0. The summed E-state index contributed by atoms with van der Waals surface area (Å²) in [5, 5.41) is 0. The third-order valence-electron chi connectivity index (χ3n) is 3.96. The van der Waals surface area contributed by atoms with Crippen molar-refractivity contribution in [2.75, 3.05) is 0 Å². The monoisotopic (exact) mass is 274 g/mol. The van der Waals surface area contributed by atoms with Crippen LogP contribution < -0.4 is 0 Å². The van der Waals surface area contributed by atoms with Crippen molar-refractivity contribution in [3.05, 3.63) is 82.9 Å². The highest BCUT2D eigenvalue weighted by Gasteiger charge is 2.22. The van der Waals surface area contributed by atoms with Gasteiger partial charge >= 0.3 is 0 Å². The number of hydrogen-bond donors (Lipinski definition) is 0. The SMILES string of the molecule is CC1=C(c2ccccc2)C(=O)CC/C1=C\c1ccccc1. The first-order chi connectivity index (χ1) is 10.3. The Hall–Kier alpha value is -2.41. The van der Waals surface area contributed by atoms with E-state index in [1.165, 1.54) is 11.1 Å². The molecule has 0 N–H and O–H groups in total. The van der Waals surface area contributed by atoms with Crippen LogP contribution >= 0.6 is 0 Å². The number of carbonyl (C=O) groups is 1. The van der Waals surface area contributed by atoms with Gasteiger partial charge in [0.1, 0.15) is 0 Å². The second kappa shape index (κ2) is 5.92. The lowest BCUT2D eigenvalue weighted by Gasteiger charge is -2.20. The first kappa shape index (κ1) is 13.6. The molecule has 1 heteroatoms. The number of Topliss-reactive ketones (excluding diaryl/α,β-unsaturated/α-hetero) is 1. The van der Waals surface area contributed by atoms with Crippen LogP contribution in [0.4, 0.5) is 0 Å². The van der Waals surface area contributed by atoms with Crippen LogP contribution in [0, 0.1) is 0 Å². The molecule has 2 aromatic rings. The van der Waals surface area contributed by atoms with Gasteiger partial charge in [-0.15, -0.1) is 0 Å². The minimum absolute atomic E-state index is 0.254. The van der Waals surface area contributed by atoms with E-state index in [0.29, 0.717) is 6.42 Å². The molecule has 2 aromatic carbocycles. The van der Waals surface area contributed by atoms with Gasteiger partial charge in [-0.3, -0.25) is 4.79 Å². The molecule has 0 saturated heterocycles. The van der Waals surface area contributed by atoms with Crippen LogP contribution in [0.15, 0.2) is 71.8 Å². The fraction of sp³-hybridized carbons (Fsp3) is 0.150. The summed E-state index contributed by atoms with van der Waals surface area (Å²) in [6.07, 6.45) is 3.63. The number of carbonyl (C=O) groups excluding carboxylic acids is 1. The van der Waals surface area contributed by atoms with E-state index in [1.807, 2.05) is 48.5 Å². The normalized spacial score (nSPS) is 17.4. The molecule has 0 atom stereocenters. The van der Waals surface area contributed by atoms with Crippen molar-refractivity contribution in [1.29, 1.82) is 0 Å². The topological polar surface area (TPSA) is 17.1 Å². The number of hydrogen-bond acceptors (Lipinski definition) is 1. The van der Waals surface area contributed by atoms with Gasteiger partial charge in [0.05, 0.1) is 0 Å². The van der Waals surface area contributed by atoms with Gasteiger partial charge in [0.15, 0.2) is 5.78 Å². The molecule has 3 rings (SSSR count). The zero-order valence-corrected chi connectivity index (χ0v) is 12.2. The number of allylic oxidation sites excluding steroid dienone is 3. The van der Waals surface area contributed by atoms with Gasteiger partial charge in [0.25, 0.3) is 0 Å². The summed E-state index contributed by atoms with van der Waals surface area (Å²) in [7, 11) is 0. The molecular weight excluding hydrogens is 256 g/mol. The molecule has 1 aliphatic rings. The molecule has 0 bridgehead atoms. The Morgan fingerprint density at radius 2 is 1.48 bits per heavy atom. The maximum atomic E-state index is 12.3. The van der Waals surface area contributed by atoms with Gasteiger partial charge in [-0.2, -0.15) is 0 Å². The average Bonchev–Trinajstić information content (AvgIpc) is 2.52. The van der Waals surface area contributed by atoms with Gasteiger partial charge < -0.3 is 0 Å². The Kier molecular flexibility index (Phi) is 3.83. The van der Waals surface area contributed by atoms with Crippen molar-refractivity contribution in [2.24, 2.45) is 0 Å². The fourth-order valence-electron chi connectivity index (χ4n) is 2.84. The van der Waals surface area contributed by atoms with Crippen molar-refractivity contribution in [2.45, 2.75) is 19.8 Å². The summed E-state index contributed by atoms with van der Waals surface area (Å²) in [6, 6.07) is 20.3. The quantitative estimate of drug-likeness (QED) is 0.760. The number of ketones is 1. The van der Waals surface area contributed by atoms with Gasteiger partial charge in [0, 0.05) is 12.0 Å². The minimum atomic E-state index is 0.254. The second-order valence-electron chi connectivity index (χ2n) is 5.37. The minimum Gasteiger partial charge on any atom is -0.294 e. The van der Waals surface area contributed by atoms with Crippen LogP contribution in [0.5, 0.6) is 0 Å². The number of rotatable bonds is 2. The molecule has 1 nitrogen and oxygen atoms in total. The highest BCUT2D eigenvalue weighted by Crippen LogP contribution is 2.34.